The molecule has 0 aliphatic carbocycles. The molecule has 5 nitrogen and oxygen atoms in total. The van der Waals surface area contributed by atoms with E-state index in [2.05, 4.69) is 20.1 Å². The highest BCUT2D eigenvalue weighted by Crippen LogP contribution is 2.08. The van der Waals surface area contributed by atoms with Crippen LogP contribution in [0.2, 0.25) is 0 Å². The first-order valence-electron chi connectivity index (χ1n) is 4.43. The maximum Gasteiger partial charge on any atom is 0.285 e. The van der Waals surface area contributed by atoms with Gasteiger partial charge in [-0.2, -0.15) is 5.10 Å². The van der Waals surface area contributed by atoms with E-state index in [0.717, 1.165) is 16.4 Å². The predicted molar refractivity (Wildman–Crippen MR) is 64.0 cm³/mol. The fraction of sp³-hybridized carbons (Fsp3) is 0.111. The second-order valence-electron chi connectivity index (χ2n) is 2.90. The summed E-state index contributed by atoms with van der Waals surface area (Å²) in [7, 11) is 0. The van der Waals surface area contributed by atoms with Crippen LogP contribution in [0.15, 0.2) is 22.6 Å². The van der Waals surface area contributed by atoms with Gasteiger partial charge in [0.25, 0.3) is 5.91 Å². The minimum atomic E-state index is -0.277. The van der Waals surface area contributed by atoms with Crippen molar-refractivity contribution in [1.82, 2.24) is 15.0 Å². The molecule has 2 aromatic heterocycles. The Labute approximate surface area is 100.0 Å². The first kappa shape index (κ1) is 10.9. The third-order valence-electron chi connectivity index (χ3n) is 1.76. The van der Waals surface area contributed by atoms with E-state index in [9.17, 15) is 4.79 Å². The summed E-state index contributed by atoms with van der Waals surface area (Å²) in [5.41, 5.74) is 3.05. The number of nitrogens with one attached hydrogen (secondary N) is 1. The molecule has 0 saturated heterocycles. The van der Waals surface area contributed by atoms with Gasteiger partial charge in [0.2, 0.25) is 0 Å². The van der Waals surface area contributed by atoms with Gasteiger partial charge in [0.05, 0.1) is 11.9 Å². The molecule has 2 aromatic rings. The van der Waals surface area contributed by atoms with Crippen LogP contribution in [0.5, 0.6) is 0 Å². The lowest BCUT2D eigenvalue weighted by Crippen LogP contribution is -2.17. The third-order valence-corrected chi connectivity index (χ3v) is 3.39. The van der Waals surface area contributed by atoms with E-state index in [-0.39, 0.29) is 5.91 Å². The number of thiophene rings is 1. The first-order valence-corrected chi connectivity index (χ1v) is 6.08. The molecule has 0 unspecified atom stereocenters. The molecule has 1 amide bonds. The average Bonchev–Trinajstić information content (AvgIpc) is 2.88. The molecule has 0 aromatic carbocycles. The molecule has 0 fully saturated rings. The Morgan fingerprint density at radius 2 is 2.50 bits per heavy atom. The van der Waals surface area contributed by atoms with Crippen molar-refractivity contribution in [2.75, 3.05) is 0 Å². The van der Waals surface area contributed by atoms with Crippen LogP contribution in [-0.4, -0.2) is 21.7 Å². The minimum Gasteiger partial charge on any atom is -0.266 e. The van der Waals surface area contributed by atoms with Crippen molar-refractivity contribution in [1.29, 1.82) is 0 Å². The standard InChI is InChI=1S/C9H8N4OS2/c1-6-8(16-13-11-6)9(14)12-10-5-7-3-2-4-15-7/h2-5H,1H3,(H,12,14). The van der Waals surface area contributed by atoms with Gasteiger partial charge in [-0.15, -0.1) is 16.4 Å². The Morgan fingerprint density at radius 1 is 1.62 bits per heavy atom. The van der Waals surface area contributed by atoms with Crippen LogP contribution in [0.3, 0.4) is 0 Å². The smallest absolute Gasteiger partial charge is 0.266 e. The summed E-state index contributed by atoms with van der Waals surface area (Å²) in [6.45, 7) is 1.74. The van der Waals surface area contributed by atoms with E-state index < -0.39 is 0 Å². The minimum absolute atomic E-state index is 0.277. The van der Waals surface area contributed by atoms with Crippen molar-refractivity contribution < 1.29 is 4.79 Å². The summed E-state index contributed by atoms with van der Waals surface area (Å²) in [4.78, 5) is 13.0. The van der Waals surface area contributed by atoms with Crippen LogP contribution >= 0.6 is 22.9 Å². The lowest BCUT2D eigenvalue weighted by atomic mass is 10.4. The topological polar surface area (TPSA) is 67.2 Å². The van der Waals surface area contributed by atoms with Crippen molar-refractivity contribution in [2.45, 2.75) is 6.92 Å². The molecule has 0 saturated carbocycles. The number of amides is 1. The number of carbonyl (C=O) groups excluding carboxylic acids is 1. The number of hydrogen-bond donors (Lipinski definition) is 1. The molecule has 2 rings (SSSR count). The van der Waals surface area contributed by atoms with E-state index in [0.29, 0.717) is 10.6 Å². The van der Waals surface area contributed by atoms with Crippen molar-refractivity contribution in [3.8, 4) is 0 Å². The highest BCUT2D eigenvalue weighted by Gasteiger charge is 2.11. The lowest BCUT2D eigenvalue weighted by Gasteiger charge is -1.94. The highest BCUT2D eigenvalue weighted by molar-refractivity contribution is 7.11. The molecule has 16 heavy (non-hydrogen) atoms. The molecular weight excluding hydrogens is 244 g/mol. The van der Waals surface area contributed by atoms with E-state index in [1.165, 1.54) is 0 Å². The average molecular weight is 252 g/mol. The van der Waals surface area contributed by atoms with Crippen molar-refractivity contribution in [3.05, 3.63) is 33.0 Å². The Kier molecular flexibility index (Phi) is 3.37. The molecule has 0 radical (unpaired) electrons. The number of aryl methyl sites for hydroxylation is 1. The number of nitrogens with zero attached hydrogens (tertiary/aromatic N) is 3. The van der Waals surface area contributed by atoms with Gasteiger partial charge < -0.3 is 0 Å². The van der Waals surface area contributed by atoms with Gasteiger partial charge in [-0.1, -0.05) is 10.6 Å². The van der Waals surface area contributed by atoms with E-state index in [1.807, 2.05) is 17.5 Å². The van der Waals surface area contributed by atoms with Crippen molar-refractivity contribution in [3.63, 3.8) is 0 Å². The fourth-order valence-electron chi connectivity index (χ4n) is 1.01. The summed E-state index contributed by atoms with van der Waals surface area (Å²) in [5, 5.41) is 9.55. The maximum absolute atomic E-state index is 11.6. The Bertz CT molecular complexity index is 503. The van der Waals surface area contributed by atoms with Crippen LogP contribution in [0.1, 0.15) is 20.2 Å². The first-order chi connectivity index (χ1) is 7.77. The quantitative estimate of drug-likeness (QED) is 0.667. The fourth-order valence-corrected chi connectivity index (χ4v) is 2.14. The molecule has 1 N–H and O–H groups in total. The molecular formula is C9H8N4OS2. The summed E-state index contributed by atoms with van der Waals surface area (Å²) in [6.07, 6.45) is 1.60. The summed E-state index contributed by atoms with van der Waals surface area (Å²) in [6, 6.07) is 3.84. The Hall–Kier alpha value is -1.60. The number of carbonyl (C=O) groups is 1. The van der Waals surface area contributed by atoms with Crippen molar-refractivity contribution >= 4 is 35.0 Å². The van der Waals surface area contributed by atoms with E-state index >= 15 is 0 Å². The number of hydrazone groups is 1. The largest absolute Gasteiger partial charge is 0.285 e. The zero-order valence-electron chi connectivity index (χ0n) is 8.38. The number of aromatic nitrogens is 2. The predicted octanol–water partition coefficient (Wildman–Crippen LogP) is 1.67. The second kappa shape index (κ2) is 4.95. The molecule has 0 atom stereocenters. The van der Waals surface area contributed by atoms with Gasteiger partial charge >= 0.3 is 0 Å². The lowest BCUT2D eigenvalue weighted by molar-refractivity contribution is 0.0958. The highest BCUT2D eigenvalue weighted by atomic mass is 32.1. The Balaban J connectivity index is 1.97. The zero-order chi connectivity index (χ0) is 11.4. The van der Waals surface area contributed by atoms with Gasteiger partial charge in [0, 0.05) is 4.88 Å². The van der Waals surface area contributed by atoms with Crippen LogP contribution < -0.4 is 5.43 Å². The van der Waals surface area contributed by atoms with Gasteiger partial charge in [0.1, 0.15) is 4.88 Å². The second-order valence-corrected chi connectivity index (χ2v) is 4.64. The monoisotopic (exact) mass is 252 g/mol. The maximum atomic E-state index is 11.6. The number of rotatable bonds is 3. The summed E-state index contributed by atoms with van der Waals surface area (Å²) in [5.74, 6) is -0.277. The van der Waals surface area contributed by atoms with Crippen LogP contribution in [-0.2, 0) is 0 Å². The Morgan fingerprint density at radius 3 is 3.12 bits per heavy atom. The van der Waals surface area contributed by atoms with E-state index in [4.69, 9.17) is 0 Å². The molecule has 7 heteroatoms. The normalized spacial score (nSPS) is 10.8. The van der Waals surface area contributed by atoms with Crippen LogP contribution in [0, 0.1) is 6.92 Å². The summed E-state index contributed by atoms with van der Waals surface area (Å²) >= 11 is 2.61. The summed E-state index contributed by atoms with van der Waals surface area (Å²) < 4.78 is 3.68. The molecule has 0 spiro atoms. The van der Waals surface area contributed by atoms with Crippen LogP contribution in [0.25, 0.3) is 0 Å². The third kappa shape index (κ3) is 2.50. The molecule has 0 bridgehead atoms. The SMILES string of the molecule is Cc1nnsc1C(=O)NN=Cc1cccs1. The van der Waals surface area contributed by atoms with Crippen molar-refractivity contribution in [2.24, 2.45) is 5.10 Å². The molecule has 0 aliphatic rings. The molecule has 82 valence electrons. The van der Waals surface area contributed by atoms with E-state index in [1.54, 1.807) is 24.5 Å². The van der Waals surface area contributed by atoms with Gasteiger partial charge in [-0.25, -0.2) is 5.43 Å². The molecule has 2 heterocycles. The zero-order valence-corrected chi connectivity index (χ0v) is 10.0. The number of hydrogen-bond acceptors (Lipinski definition) is 6. The molecule has 0 aliphatic heterocycles. The van der Waals surface area contributed by atoms with Gasteiger partial charge in [0.15, 0.2) is 0 Å². The van der Waals surface area contributed by atoms with Gasteiger partial charge in [-0.3, -0.25) is 4.79 Å². The van der Waals surface area contributed by atoms with Crippen LogP contribution in [0.4, 0.5) is 0 Å². The van der Waals surface area contributed by atoms with Gasteiger partial charge in [-0.05, 0) is 29.9 Å².